The van der Waals surface area contributed by atoms with Crippen LogP contribution in [0.1, 0.15) is 11.6 Å². The maximum atomic E-state index is 13.6. The van der Waals surface area contributed by atoms with Crippen LogP contribution in [-0.2, 0) is 14.4 Å². The van der Waals surface area contributed by atoms with Crippen molar-refractivity contribution in [1.82, 2.24) is 0 Å². The number of rotatable bonds is 3. The van der Waals surface area contributed by atoms with Crippen LogP contribution < -0.4 is 9.96 Å². The Kier molecular flexibility index (Phi) is 5.26. The summed E-state index contributed by atoms with van der Waals surface area (Å²) in [6, 6.07) is 20.9. The first-order valence-electron chi connectivity index (χ1n) is 9.55. The minimum atomic E-state index is -0.955. The fraction of sp³-hybridized carbons (Fsp3) is 0.130. The number of imide groups is 1. The van der Waals surface area contributed by atoms with Gasteiger partial charge in [0.1, 0.15) is 5.92 Å². The van der Waals surface area contributed by atoms with Crippen molar-refractivity contribution in [2.75, 3.05) is 9.96 Å². The lowest BCUT2D eigenvalue weighted by molar-refractivity contribution is -0.126. The van der Waals surface area contributed by atoms with Crippen LogP contribution in [0.5, 0.6) is 0 Å². The van der Waals surface area contributed by atoms with Crippen LogP contribution in [0.2, 0.25) is 10.0 Å². The van der Waals surface area contributed by atoms with E-state index in [0.717, 1.165) is 10.2 Å². The first-order chi connectivity index (χ1) is 15.0. The highest BCUT2D eigenvalue weighted by Crippen LogP contribution is 2.49. The highest BCUT2D eigenvalue weighted by molar-refractivity contribution is 9.10. The molecule has 2 aliphatic heterocycles. The largest absolute Gasteiger partial charge is 0.273 e. The van der Waals surface area contributed by atoms with Gasteiger partial charge in [-0.15, -0.1) is 0 Å². The van der Waals surface area contributed by atoms with Crippen LogP contribution >= 0.6 is 39.1 Å². The maximum absolute atomic E-state index is 13.6. The number of fused-ring (bicyclic) bond motifs is 1. The number of hydrogen-bond donors (Lipinski definition) is 0. The number of carbonyl (C=O) groups is 2. The Morgan fingerprint density at radius 2 is 1.58 bits per heavy atom. The summed E-state index contributed by atoms with van der Waals surface area (Å²) < 4.78 is 0.770. The average molecular weight is 518 g/mol. The molecule has 2 amide bonds. The molecule has 2 saturated heterocycles. The van der Waals surface area contributed by atoms with Crippen LogP contribution in [0.4, 0.5) is 11.4 Å². The van der Waals surface area contributed by atoms with Gasteiger partial charge < -0.3 is 0 Å². The van der Waals surface area contributed by atoms with Gasteiger partial charge in [-0.05, 0) is 48.0 Å². The SMILES string of the molecule is O=C1[C@@H]2[C@H](ON(c3ccccc3)[C@@H]2c2ccc(Cl)cc2Cl)C(=O)N1c1cccc(Br)c1. The summed E-state index contributed by atoms with van der Waals surface area (Å²) in [4.78, 5) is 34.1. The molecule has 3 aromatic carbocycles. The predicted molar refractivity (Wildman–Crippen MR) is 123 cm³/mol. The summed E-state index contributed by atoms with van der Waals surface area (Å²) >= 11 is 16.0. The van der Waals surface area contributed by atoms with Gasteiger partial charge in [-0.1, -0.05) is 69.5 Å². The Morgan fingerprint density at radius 3 is 2.29 bits per heavy atom. The Balaban J connectivity index is 1.62. The van der Waals surface area contributed by atoms with Gasteiger partial charge in [-0.2, -0.15) is 0 Å². The predicted octanol–water partition coefficient (Wildman–Crippen LogP) is 5.81. The molecule has 31 heavy (non-hydrogen) atoms. The van der Waals surface area contributed by atoms with Crippen molar-refractivity contribution in [1.29, 1.82) is 0 Å². The van der Waals surface area contributed by atoms with E-state index in [1.807, 2.05) is 36.4 Å². The Labute approximate surface area is 197 Å². The van der Waals surface area contributed by atoms with E-state index in [1.165, 1.54) is 4.90 Å². The van der Waals surface area contributed by atoms with Crippen LogP contribution in [0, 0.1) is 5.92 Å². The average Bonchev–Trinajstić information content (AvgIpc) is 3.25. The van der Waals surface area contributed by atoms with Crippen molar-refractivity contribution in [2.24, 2.45) is 5.92 Å². The number of halogens is 3. The zero-order valence-electron chi connectivity index (χ0n) is 15.9. The van der Waals surface area contributed by atoms with Crippen molar-refractivity contribution in [3.8, 4) is 0 Å². The smallest absolute Gasteiger partial charge is 0.266 e. The van der Waals surface area contributed by atoms with E-state index < -0.39 is 24.0 Å². The lowest BCUT2D eigenvalue weighted by Crippen LogP contribution is -2.37. The molecule has 0 saturated carbocycles. The summed E-state index contributed by atoms with van der Waals surface area (Å²) in [6.45, 7) is 0. The Morgan fingerprint density at radius 1 is 0.839 bits per heavy atom. The second-order valence-electron chi connectivity index (χ2n) is 7.32. The van der Waals surface area contributed by atoms with Gasteiger partial charge >= 0.3 is 0 Å². The molecule has 0 spiro atoms. The summed E-state index contributed by atoms with van der Waals surface area (Å²) in [6.07, 6.45) is -0.955. The van der Waals surface area contributed by atoms with Gasteiger partial charge in [0, 0.05) is 14.5 Å². The molecular weight excluding hydrogens is 503 g/mol. The molecule has 5 nitrogen and oxygen atoms in total. The summed E-state index contributed by atoms with van der Waals surface area (Å²) in [5.74, 6) is -1.49. The number of nitrogens with zero attached hydrogens (tertiary/aromatic N) is 2. The molecule has 0 unspecified atom stereocenters. The first-order valence-corrected chi connectivity index (χ1v) is 11.1. The zero-order chi connectivity index (χ0) is 21.7. The second-order valence-corrected chi connectivity index (χ2v) is 9.07. The normalized spacial score (nSPS) is 22.9. The van der Waals surface area contributed by atoms with E-state index in [1.54, 1.807) is 41.5 Å². The van der Waals surface area contributed by atoms with Crippen molar-refractivity contribution in [2.45, 2.75) is 12.1 Å². The van der Waals surface area contributed by atoms with Gasteiger partial charge in [0.2, 0.25) is 5.91 Å². The van der Waals surface area contributed by atoms with Gasteiger partial charge in [0.15, 0.2) is 6.10 Å². The second kappa shape index (κ2) is 7.95. The third kappa shape index (κ3) is 3.44. The summed E-state index contributed by atoms with van der Waals surface area (Å²) in [7, 11) is 0. The lowest BCUT2D eigenvalue weighted by atomic mass is 9.90. The van der Waals surface area contributed by atoms with Gasteiger partial charge in [-0.25, -0.2) is 9.96 Å². The molecule has 0 bridgehead atoms. The van der Waals surface area contributed by atoms with E-state index in [-0.39, 0.29) is 5.91 Å². The fourth-order valence-electron chi connectivity index (χ4n) is 4.14. The summed E-state index contributed by atoms with van der Waals surface area (Å²) in [5.41, 5.74) is 1.89. The van der Waals surface area contributed by atoms with Crippen LogP contribution in [0.3, 0.4) is 0 Å². The van der Waals surface area contributed by atoms with Crippen molar-refractivity contribution in [3.05, 3.63) is 92.9 Å². The van der Waals surface area contributed by atoms with Crippen molar-refractivity contribution < 1.29 is 14.4 Å². The number of carbonyl (C=O) groups excluding carboxylic acids is 2. The molecule has 2 aliphatic rings. The monoisotopic (exact) mass is 516 g/mol. The van der Waals surface area contributed by atoms with Gasteiger partial charge in [-0.3, -0.25) is 14.4 Å². The van der Waals surface area contributed by atoms with E-state index in [9.17, 15) is 9.59 Å². The molecule has 3 atom stereocenters. The van der Waals surface area contributed by atoms with E-state index in [4.69, 9.17) is 28.0 Å². The molecule has 5 rings (SSSR count). The molecular formula is C23H15BrCl2N2O3. The molecule has 0 N–H and O–H groups in total. The topological polar surface area (TPSA) is 49.9 Å². The number of hydrogen-bond acceptors (Lipinski definition) is 4. The van der Waals surface area contributed by atoms with Crippen LogP contribution in [0.25, 0.3) is 0 Å². The standard InChI is InChI=1S/C23H15BrCl2N2O3/c24-13-5-4-8-16(11-13)27-22(29)19-20(17-10-9-14(25)12-18(17)26)28(31-21(19)23(27)30)15-6-2-1-3-7-15/h1-12,19-21H/t19-,20+,21-/m0/s1. The number of benzene rings is 3. The molecule has 0 aliphatic carbocycles. The van der Waals surface area contributed by atoms with Gasteiger partial charge in [0.05, 0.1) is 17.4 Å². The van der Waals surface area contributed by atoms with Crippen molar-refractivity contribution in [3.63, 3.8) is 0 Å². The number of para-hydroxylation sites is 1. The molecule has 0 radical (unpaired) electrons. The number of hydroxylamine groups is 1. The Hall–Kier alpha value is -2.38. The molecule has 3 aromatic rings. The zero-order valence-corrected chi connectivity index (χ0v) is 19.0. The number of amides is 2. The number of anilines is 2. The van der Waals surface area contributed by atoms with Crippen LogP contribution in [-0.4, -0.2) is 17.9 Å². The summed E-state index contributed by atoms with van der Waals surface area (Å²) in [5, 5.41) is 2.50. The molecule has 0 aromatic heterocycles. The molecule has 2 fully saturated rings. The highest BCUT2D eigenvalue weighted by atomic mass is 79.9. The third-order valence-electron chi connectivity index (χ3n) is 5.47. The maximum Gasteiger partial charge on any atom is 0.266 e. The van der Waals surface area contributed by atoms with E-state index in [2.05, 4.69) is 15.9 Å². The molecule has 8 heteroatoms. The minimum absolute atomic E-state index is 0.331. The fourth-order valence-corrected chi connectivity index (χ4v) is 5.05. The Bertz CT molecular complexity index is 1190. The van der Waals surface area contributed by atoms with E-state index >= 15 is 0 Å². The minimum Gasteiger partial charge on any atom is -0.273 e. The first kappa shape index (κ1) is 20.5. The van der Waals surface area contributed by atoms with E-state index in [0.29, 0.717) is 21.3 Å². The third-order valence-corrected chi connectivity index (χ3v) is 6.53. The lowest BCUT2D eigenvalue weighted by Gasteiger charge is -2.29. The highest BCUT2D eigenvalue weighted by Gasteiger charge is 2.60. The molecule has 2 heterocycles. The quantitative estimate of drug-likeness (QED) is 0.411. The van der Waals surface area contributed by atoms with Gasteiger partial charge in [0.25, 0.3) is 5.91 Å². The molecule has 156 valence electrons. The van der Waals surface area contributed by atoms with Crippen LogP contribution in [0.15, 0.2) is 77.3 Å². The van der Waals surface area contributed by atoms with Crippen molar-refractivity contribution >= 4 is 62.3 Å².